The fraction of sp³-hybridized carbons (Fsp3) is 0.605. The van der Waals surface area contributed by atoms with Gasteiger partial charge in [-0.25, -0.2) is 69.9 Å². The van der Waals surface area contributed by atoms with Crippen molar-refractivity contribution in [3.05, 3.63) is 134 Å². The molecule has 0 unspecified atom stereocenters. The van der Waals surface area contributed by atoms with Crippen molar-refractivity contribution in [2.24, 2.45) is 0 Å². The minimum absolute atomic E-state index is 0. The van der Waals surface area contributed by atoms with E-state index >= 15 is 0 Å². The first-order chi connectivity index (χ1) is 59.4. The number of aliphatic hydroxyl groups is 5. The number of nitrogens with two attached hydrogens (primary N) is 1. The van der Waals surface area contributed by atoms with Crippen molar-refractivity contribution < 1.29 is 195 Å². The van der Waals surface area contributed by atoms with Gasteiger partial charge < -0.3 is 82.7 Å². The Morgan fingerprint density at radius 3 is 1.19 bits per heavy atom. The van der Waals surface area contributed by atoms with Gasteiger partial charge in [-0.3, -0.25) is 29.4 Å². The molecule has 130 heavy (non-hydrogen) atoms. The van der Waals surface area contributed by atoms with Crippen LogP contribution >= 0.6 is 91.9 Å². The second kappa shape index (κ2) is 62.9. The number of hydrogen-bond acceptors (Lipinski definition) is 38. The molecule has 40 nitrogen and oxygen atoms in total. The third-order valence-corrected chi connectivity index (χ3v) is 27.7. The fourth-order valence-corrected chi connectivity index (χ4v) is 18.4. The summed E-state index contributed by atoms with van der Waals surface area (Å²) < 4.78 is 96.0. The number of alkyl halides is 3. The molecule has 0 saturated carbocycles. The topological polar surface area (TPSA) is 541 Å². The van der Waals surface area contributed by atoms with Gasteiger partial charge in [0, 0.05) is 204 Å². The Hall–Kier alpha value is -3.78. The molecule has 9 N–H and O–H groups in total. The van der Waals surface area contributed by atoms with E-state index in [9.17, 15) is 75.1 Å². The molecule has 4 atom stereocenters. The largest absolute Gasteiger partial charge is 1.00 e. The molecule has 4 fully saturated rings. The second-order valence-electron chi connectivity index (χ2n) is 30.7. The first-order valence-electron chi connectivity index (χ1n) is 40.0. The zero-order valence-corrected chi connectivity index (χ0v) is 92.0. The summed E-state index contributed by atoms with van der Waals surface area (Å²) in [6.07, 6.45) is 12.6. The Bertz CT molecular complexity index is 4770. The number of nitrogens with one attached hydrogen (secondary N) is 2. The molecular weight excluding hydrogens is 1980 g/mol. The molecule has 7 aromatic heterocycles. The standard InChI is InChI=1S/C16H21N5O5S2.C16H23N5O3S2.C12H20N4O.C10H20N2O2.C7H9ClN2O.C6H15N.C4H2ClNO4S2.C2H6O.CH2Cl2.CH3F.CH2O3.ClH.2K.H/c1-11-10-19(28(25,26)14-5-4-13(27-14)21(23)24)6-7-20(11)15-17-8-12(9-18-15)16(2,3)22;1-11-10-20(26(23,24)14-5-4-13(17)25-14)6-7-21(11)15-18-8-12(9-19-15)16(2,3)22;1-9-6-13-4-5-16(9)11-14-7-10(8-15-11)12(2,3)17;1-8-7-12(6-5-11-8)9(13)14-10(2,3)4;1-7(2,11)5-3-9-6(8)10-4-5;1-4-7(5-2)6-3;5-12(9,10)4-2-1-3(11-4)6(7)8;1-2-3;2-1-3;1-2;2-1-4-3;;;;/h4-5,8-9,11,22H,6-7,10H2,1-3H3;4-5,8-9,11,22H,6-7,10,17H2,1-3H3;7-9,13,17H,4-6H2,1-3H3;8,11H,5-7H2,1-4H3;3-4,11H,1-2H3;4-6H2,1-3H3;1-2H;3H,2H2,1H3;1H2;1H3;1,3H;1H;;;/q;;;;;;;;;;;;2*+1;-1/p-1/t2*11-;9-;8-;;;;;;;;;;;/m0000.........../s1/i;;;;;;;;;1D;;;;;. The summed E-state index contributed by atoms with van der Waals surface area (Å²) >= 11 is 17.2. The smallest absolute Gasteiger partial charge is 1.00 e. The maximum atomic E-state index is 12.8. The Labute approximate surface area is 887 Å². The minimum atomic E-state index is -3.83. The van der Waals surface area contributed by atoms with Gasteiger partial charge >= 0.3 is 119 Å². The number of nitrogens with zero attached hydrogens (tertiary/aromatic N) is 17. The number of hydrogen-bond donors (Lipinski definition) is 8. The number of piperazine rings is 4. The van der Waals surface area contributed by atoms with Crippen LogP contribution < -0.4 is 139 Å². The average Bonchev–Trinajstić information content (AvgIpc) is 1.43. The van der Waals surface area contributed by atoms with Crippen LogP contribution in [0.4, 0.5) is 42.0 Å². The molecule has 0 aliphatic carbocycles. The fourth-order valence-electron chi connectivity index (χ4n) is 10.9. The van der Waals surface area contributed by atoms with Crippen molar-refractivity contribution in [1.29, 1.82) is 0 Å². The Balaban J connectivity index is -0.000000727. The number of anilines is 4. The molecule has 0 radical (unpaired) electrons. The Morgan fingerprint density at radius 2 is 0.931 bits per heavy atom. The molecule has 4 saturated heterocycles. The summed E-state index contributed by atoms with van der Waals surface area (Å²) in [7, 11) is -7.22. The van der Waals surface area contributed by atoms with E-state index in [1.807, 2.05) is 44.4 Å². The predicted octanol–water partition coefficient (Wildman–Crippen LogP) is 3.81. The van der Waals surface area contributed by atoms with Crippen LogP contribution in [0.5, 0.6) is 0 Å². The number of nitro groups is 2. The average molecular weight is 2110 g/mol. The maximum Gasteiger partial charge on any atom is 1.00 e. The van der Waals surface area contributed by atoms with Gasteiger partial charge in [-0.2, -0.15) is 8.61 Å². The summed E-state index contributed by atoms with van der Waals surface area (Å²) in [4.78, 5) is 86.2. The van der Waals surface area contributed by atoms with Crippen LogP contribution in [0.2, 0.25) is 5.28 Å². The number of nitrogen functional groups attached to an aromatic ring is 1. The summed E-state index contributed by atoms with van der Waals surface area (Å²) in [6.45, 7) is 46.1. The predicted molar refractivity (Wildman–Crippen MR) is 499 cm³/mol. The van der Waals surface area contributed by atoms with E-state index in [1.165, 1.54) is 52.8 Å². The van der Waals surface area contributed by atoms with E-state index in [2.05, 4.69) is 99.8 Å². The Kier molecular flexibility index (Phi) is 62.1. The number of carbonyl (C=O) groups is 2. The van der Waals surface area contributed by atoms with Gasteiger partial charge in [-0.15, -0.1) is 46.9 Å². The number of aliphatic hydroxyl groups excluding tert-OH is 1. The summed E-state index contributed by atoms with van der Waals surface area (Å²) in [6, 6.07) is 8.32. The zero-order chi connectivity index (χ0) is 98.1. The van der Waals surface area contributed by atoms with E-state index in [0.29, 0.717) is 94.5 Å². The number of sulfonamides is 2. The van der Waals surface area contributed by atoms with E-state index in [-0.39, 0.29) is 194 Å². The molecule has 11 rings (SSSR count). The van der Waals surface area contributed by atoms with Crippen molar-refractivity contribution in [3.63, 3.8) is 0 Å². The monoisotopic (exact) mass is 2100 g/mol. The van der Waals surface area contributed by atoms with Crippen LogP contribution in [0.3, 0.4) is 0 Å². The Morgan fingerprint density at radius 1 is 0.608 bits per heavy atom. The van der Waals surface area contributed by atoms with Gasteiger partial charge in [0.2, 0.25) is 23.1 Å². The molecule has 4 aliphatic rings. The molecule has 0 aromatic carbocycles. The molecule has 4 aliphatic heterocycles. The maximum absolute atomic E-state index is 12.8. The van der Waals surface area contributed by atoms with Crippen LogP contribution in [0.1, 0.15) is 157 Å². The van der Waals surface area contributed by atoms with Crippen LogP contribution in [-0.2, 0) is 65.9 Å². The zero-order valence-electron chi connectivity index (χ0n) is 79.0. The number of amides is 1. The number of carbonyl (C=O) groups excluding carboxylic acids is 2. The normalized spacial score (nSPS) is 16.6. The molecular formula is C76H124Cl5FK2N20O20S6. The van der Waals surface area contributed by atoms with Crippen LogP contribution in [0.15, 0.2) is 98.6 Å². The van der Waals surface area contributed by atoms with Crippen molar-refractivity contribution in [1.82, 2.24) is 68.9 Å². The first kappa shape index (κ1) is 128. The summed E-state index contributed by atoms with van der Waals surface area (Å²) in [5, 5.41) is 83.3. The molecule has 0 spiro atoms. The minimum Gasteiger partial charge on any atom is -1.00 e. The van der Waals surface area contributed by atoms with E-state index < -0.39 is 74.1 Å². The summed E-state index contributed by atoms with van der Waals surface area (Å²) in [5.74, 6) is 1.74. The van der Waals surface area contributed by atoms with Crippen LogP contribution in [0, 0.1) is 20.2 Å². The van der Waals surface area contributed by atoms with Crippen LogP contribution in [-0.4, -0.2) is 279 Å². The molecule has 11 heterocycles. The van der Waals surface area contributed by atoms with Gasteiger partial charge in [-0.05, 0) is 189 Å². The molecule has 7 aromatic rings. The van der Waals surface area contributed by atoms with Crippen molar-refractivity contribution in [2.75, 3.05) is 138 Å². The molecule has 728 valence electrons. The van der Waals surface area contributed by atoms with Crippen molar-refractivity contribution in [3.8, 4) is 0 Å². The molecule has 0 bridgehead atoms. The number of rotatable bonds is 18. The molecule has 1 amide bonds. The van der Waals surface area contributed by atoms with E-state index in [0.717, 1.165) is 74.2 Å². The number of thiophene rings is 3. The van der Waals surface area contributed by atoms with Crippen LogP contribution in [0.25, 0.3) is 0 Å². The number of halogens is 6. The quantitative estimate of drug-likeness (QED) is 0.00885. The van der Waals surface area contributed by atoms with Gasteiger partial charge in [0.05, 0.1) is 51.1 Å². The summed E-state index contributed by atoms with van der Waals surface area (Å²) in [5.41, 5.74) is 4.06. The van der Waals surface area contributed by atoms with E-state index in [4.69, 9.17) is 72.5 Å². The van der Waals surface area contributed by atoms with Gasteiger partial charge in [0.1, 0.15) is 18.2 Å². The van der Waals surface area contributed by atoms with Gasteiger partial charge in [-0.1, -0.05) is 20.8 Å². The SMILES string of the molecule is CC(C)(O)c1cnc(Cl)nc1.CCN(CC)CC.CCO.C[C@H]1CN(C(=O)OC(C)(C)C)CCN1.C[C@H]1CN(S(=O)(=O)c2ccc(N)s2)CCN1c1ncc(C(C)(C)O)cn1.C[C@H]1CN(S(=O)(=O)c2ccc([N+](=O)[O-])s2)CCN1c1ncc(C(C)(C)O)cn1.C[C@H]1CNCCN1c1ncc(C(C)(C)O)cn1.Cl.ClCCl.O=CO[O-].O=[N+]([O-])c1ccc(S(=O)(=O)Cl)s1.[2H]CF.[H-].[K+].[K+]. The van der Waals surface area contributed by atoms with Gasteiger partial charge in [0.25, 0.3) is 35.6 Å². The first-order valence-corrected chi connectivity index (χ1v) is 48.3. The van der Waals surface area contributed by atoms with Crippen molar-refractivity contribution in [2.45, 2.75) is 196 Å². The third-order valence-electron chi connectivity index (χ3n) is 17.7. The molecule has 54 heteroatoms. The number of aromatic nitrogens is 8. The van der Waals surface area contributed by atoms with E-state index in [1.54, 1.807) is 117 Å². The third kappa shape index (κ3) is 47.0. The van der Waals surface area contributed by atoms with Crippen molar-refractivity contribution >= 4 is 166 Å². The van der Waals surface area contributed by atoms with Gasteiger partial charge in [0.15, 0.2) is 0 Å². The number of ether oxygens (including phenoxy) is 1. The second-order valence-corrected chi connectivity index (χ2v) is 42.2.